The summed E-state index contributed by atoms with van der Waals surface area (Å²) in [7, 11) is 0. The van der Waals surface area contributed by atoms with E-state index >= 15 is 0 Å². The molecule has 1 N–H and O–H groups in total. The van der Waals surface area contributed by atoms with Gasteiger partial charge < -0.3 is 5.32 Å². The minimum absolute atomic E-state index is 0.164. The number of halogens is 14. The lowest BCUT2D eigenvalue weighted by Crippen LogP contribution is -2.65. The molecule has 0 aromatic rings. The van der Waals surface area contributed by atoms with Crippen LogP contribution in [0.2, 0.25) is 0 Å². The molecule has 0 amide bonds. The van der Waals surface area contributed by atoms with Crippen LogP contribution in [0.15, 0.2) is 9.98 Å². The lowest BCUT2D eigenvalue weighted by atomic mass is 9.95. The Hall–Kier alpha value is -1.84. The first-order chi connectivity index (χ1) is 16.7. The minimum atomic E-state index is -6.97. The van der Waals surface area contributed by atoms with Crippen LogP contribution >= 0.6 is 0 Å². The molecule has 216 valence electrons. The van der Waals surface area contributed by atoms with Crippen LogP contribution in [-0.4, -0.2) is 59.8 Å². The molecule has 17 heteroatoms. The summed E-state index contributed by atoms with van der Waals surface area (Å²) in [6.07, 6.45) is -12.7. The molecule has 0 saturated heterocycles. The van der Waals surface area contributed by atoms with Gasteiger partial charge in [-0.25, -0.2) is 0 Å². The van der Waals surface area contributed by atoms with Crippen molar-refractivity contribution >= 4 is 11.7 Å². The number of aliphatic imine (C=N–C) groups is 2. The van der Waals surface area contributed by atoms with Gasteiger partial charge in [-0.15, -0.1) is 0 Å². The predicted octanol–water partition coefficient (Wildman–Crippen LogP) is 7.70. The van der Waals surface area contributed by atoms with Crippen molar-refractivity contribution in [3.8, 4) is 0 Å². The molecule has 0 unspecified atom stereocenters. The summed E-state index contributed by atoms with van der Waals surface area (Å²) in [5, 5.41) is 0.626. The van der Waals surface area contributed by atoms with Gasteiger partial charge in [-0.05, 0) is 25.7 Å². The Morgan fingerprint density at radius 1 is 0.459 bits per heavy atom. The first-order valence-corrected chi connectivity index (χ1v) is 11.2. The van der Waals surface area contributed by atoms with Gasteiger partial charge in [0.05, 0.1) is 12.1 Å². The van der Waals surface area contributed by atoms with Gasteiger partial charge in [0.15, 0.2) is 11.7 Å². The zero-order valence-electron chi connectivity index (χ0n) is 18.9. The van der Waals surface area contributed by atoms with E-state index in [-0.39, 0.29) is 51.4 Å². The number of nitrogens with zero attached hydrogens (tertiary/aromatic N) is 2. The van der Waals surface area contributed by atoms with Crippen molar-refractivity contribution in [2.24, 2.45) is 9.98 Å². The summed E-state index contributed by atoms with van der Waals surface area (Å²) in [6, 6.07) is -2.84. The van der Waals surface area contributed by atoms with Crippen molar-refractivity contribution in [2.45, 2.75) is 112 Å². The topological polar surface area (TPSA) is 36.8 Å². The van der Waals surface area contributed by atoms with E-state index in [0.29, 0.717) is 18.2 Å². The molecule has 2 saturated carbocycles. The number of rotatable bonds is 6. The second kappa shape index (κ2) is 10.7. The average molecular weight is 571 g/mol. The Bertz CT molecular complexity index is 764. The second-order valence-corrected chi connectivity index (χ2v) is 8.96. The molecule has 0 radical (unpaired) electrons. The van der Waals surface area contributed by atoms with Gasteiger partial charge in [0, 0.05) is 0 Å². The third-order valence-corrected chi connectivity index (χ3v) is 6.11. The molecule has 0 bridgehead atoms. The monoisotopic (exact) mass is 571 g/mol. The van der Waals surface area contributed by atoms with Crippen LogP contribution in [0.5, 0.6) is 0 Å². The van der Waals surface area contributed by atoms with E-state index < -0.39 is 59.8 Å². The molecule has 2 fully saturated rings. The van der Waals surface area contributed by atoms with Crippen molar-refractivity contribution in [1.29, 1.82) is 0 Å². The molecular formula is C20H23F14N3. The van der Waals surface area contributed by atoms with Gasteiger partial charge in [0.1, 0.15) is 0 Å². The van der Waals surface area contributed by atoms with Gasteiger partial charge in [-0.3, -0.25) is 9.98 Å². The highest BCUT2D eigenvalue weighted by Gasteiger charge is 2.78. The number of nitrogens with one attached hydrogen (secondary N) is 1. The van der Waals surface area contributed by atoms with E-state index in [1.165, 1.54) is 0 Å². The molecular weight excluding hydrogens is 548 g/mol. The summed E-state index contributed by atoms with van der Waals surface area (Å²) in [5.41, 5.74) is 0. The zero-order valence-corrected chi connectivity index (χ0v) is 18.9. The lowest BCUT2D eigenvalue weighted by Gasteiger charge is -2.34. The molecule has 3 nitrogen and oxygen atoms in total. The van der Waals surface area contributed by atoms with E-state index in [2.05, 4.69) is 9.98 Å². The molecule has 37 heavy (non-hydrogen) atoms. The second-order valence-electron chi connectivity index (χ2n) is 8.96. The molecule has 0 atom stereocenters. The molecule has 0 spiro atoms. The van der Waals surface area contributed by atoms with Crippen molar-refractivity contribution in [1.82, 2.24) is 5.32 Å². The fraction of sp³-hybridized carbons (Fsp3) is 0.900. The van der Waals surface area contributed by atoms with Crippen molar-refractivity contribution in [3.05, 3.63) is 0 Å². The summed E-state index contributed by atoms with van der Waals surface area (Å²) in [5.74, 6) is -32.5. The Kier molecular flexibility index (Phi) is 9.10. The van der Waals surface area contributed by atoms with Crippen LogP contribution in [0.25, 0.3) is 0 Å². The maximum atomic E-state index is 14.6. The van der Waals surface area contributed by atoms with Crippen LogP contribution in [0.4, 0.5) is 61.5 Å². The number of amidine groups is 2. The summed E-state index contributed by atoms with van der Waals surface area (Å²) >= 11 is 0. The highest BCUT2D eigenvalue weighted by atomic mass is 19.4. The normalized spacial score (nSPS) is 21.4. The molecule has 0 aromatic heterocycles. The standard InChI is InChI=1S/C20H23F14N3/c21-15(22,17(25,26)19(29,30)31)13(35-11-7-3-1-4-8-11)37-14(36-12-9-5-2-6-10-12)16(23,24)18(27,28)20(32,33)34/h11-12H,1-10H2,(H,35,36,37). The third-order valence-electron chi connectivity index (χ3n) is 6.11. The molecule has 2 aliphatic carbocycles. The van der Waals surface area contributed by atoms with Gasteiger partial charge >= 0.3 is 36.0 Å². The average Bonchev–Trinajstić information content (AvgIpc) is 2.77. The summed E-state index contributed by atoms with van der Waals surface area (Å²) < 4.78 is 190. The molecule has 0 aliphatic heterocycles. The first-order valence-electron chi connectivity index (χ1n) is 11.2. The Morgan fingerprint density at radius 3 is 0.973 bits per heavy atom. The number of alkyl halides is 14. The molecule has 0 heterocycles. The van der Waals surface area contributed by atoms with Crippen LogP contribution in [-0.2, 0) is 0 Å². The van der Waals surface area contributed by atoms with Crippen molar-refractivity contribution in [3.63, 3.8) is 0 Å². The van der Waals surface area contributed by atoms with Gasteiger partial charge in [0.2, 0.25) is 0 Å². The van der Waals surface area contributed by atoms with Gasteiger partial charge in [-0.1, -0.05) is 38.5 Å². The zero-order chi connectivity index (χ0) is 28.5. The Balaban J connectivity index is 2.69. The quantitative estimate of drug-likeness (QED) is 0.198. The molecule has 2 aliphatic rings. The fourth-order valence-electron chi connectivity index (χ4n) is 3.93. The molecule has 0 aromatic carbocycles. The van der Waals surface area contributed by atoms with Gasteiger partial charge in [-0.2, -0.15) is 61.5 Å². The third kappa shape index (κ3) is 6.42. The predicted molar refractivity (Wildman–Crippen MR) is 104 cm³/mol. The van der Waals surface area contributed by atoms with Crippen LogP contribution in [0.3, 0.4) is 0 Å². The number of hydrogen-bond donors (Lipinski definition) is 1. The van der Waals surface area contributed by atoms with E-state index in [1.807, 2.05) is 0 Å². The van der Waals surface area contributed by atoms with E-state index in [4.69, 9.17) is 0 Å². The van der Waals surface area contributed by atoms with Crippen LogP contribution in [0.1, 0.15) is 64.2 Å². The smallest absolute Gasteiger partial charge is 0.322 e. The maximum Gasteiger partial charge on any atom is 0.460 e. The summed E-state index contributed by atoms with van der Waals surface area (Å²) in [6.45, 7) is 0. The van der Waals surface area contributed by atoms with Crippen molar-refractivity contribution in [2.75, 3.05) is 0 Å². The number of hydrogen-bond acceptors (Lipinski definition) is 2. The largest absolute Gasteiger partial charge is 0.460 e. The van der Waals surface area contributed by atoms with Crippen LogP contribution in [0, 0.1) is 0 Å². The maximum absolute atomic E-state index is 14.6. The van der Waals surface area contributed by atoms with Crippen molar-refractivity contribution < 1.29 is 61.5 Å². The molecule has 2 rings (SSSR count). The lowest BCUT2D eigenvalue weighted by molar-refractivity contribution is -0.338. The fourth-order valence-corrected chi connectivity index (χ4v) is 3.93. The van der Waals surface area contributed by atoms with Gasteiger partial charge in [0.25, 0.3) is 0 Å². The van der Waals surface area contributed by atoms with E-state index in [9.17, 15) is 61.5 Å². The highest BCUT2D eigenvalue weighted by molar-refractivity contribution is 6.07. The highest BCUT2D eigenvalue weighted by Crippen LogP contribution is 2.49. The SMILES string of the molecule is FC(F)(F)C(F)(F)C(F)(F)C(=NC1CCCCC1)NC(=NC1CCCCC1)C(F)(F)C(F)(F)C(F)(F)F. The minimum Gasteiger partial charge on any atom is -0.322 e. The first kappa shape index (κ1) is 31.4. The Morgan fingerprint density at radius 2 is 0.730 bits per heavy atom. The van der Waals surface area contributed by atoms with Crippen LogP contribution < -0.4 is 5.32 Å². The summed E-state index contributed by atoms with van der Waals surface area (Å²) in [4.78, 5) is 6.03. The Labute approximate surface area is 201 Å². The van der Waals surface area contributed by atoms with E-state index in [1.54, 1.807) is 0 Å². The van der Waals surface area contributed by atoms with E-state index in [0.717, 1.165) is 0 Å².